The monoisotopic (exact) mass is 335 g/mol. The maximum atomic E-state index is 12.5. The number of carbonyl (C=O) groups is 2. The Hall–Kier alpha value is -2.95. The van der Waals surface area contributed by atoms with Crippen LogP contribution in [0.4, 0.5) is 5.69 Å². The summed E-state index contributed by atoms with van der Waals surface area (Å²) >= 11 is 0. The first-order valence-electron chi connectivity index (χ1n) is 8.49. The number of anilines is 1. The van der Waals surface area contributed by atoms with Crippen molar-refractivity contribution in [1.29, 1.82) is 0 Å². The van der Waals surface area contributed by atoms with Gasteiger partial charge < -0.3 is 4.90 Å². The Morgan fingerprint density at radius 1 is 1.04 bits per heavy atom. The van der Waals surface area contributed by atoms with Crippen LogP contribution in [0.25, 0.3) is 0 Å². The van der Waals surface area contributed by atoms with Crippen molar-refractivity contribution in [2.24, 2.45) is 5.10 Å². The highest BCUT2D eigenvalue weighted by Crippen LogP contribution is 2.27. The van der Waals surface area contributed by atoms with Crippen molar-refractivity contribution in [2.45, 2.75) is 25.7 Å². The van der Waals surface area contributed by atoms with Crippen molar-refractivity contribution in [1.82, 2.24) is 5.43 Å². The quantitative estimate of drug-likeness (QED) is 0.674. The van der Waals surface area contributed by atoms with Crippen LogP contribution in [0.2, 0.25) is 0 Å². The Kier molecular flexibility index (Phi) is 5.57. The first-order valence-corrected chi connectivity index (χ1v) is 8.49. The molecule has 25 heavy (non-hydrogen) atoms. The van der Waals surface area contributed by atoms with E-state index in [1.807, 2.05) is 48.5 Å². The van der Waals surface area contributed by atoms with E-state index >= 15 is 0 Å². The summed E-state index contributed by atoms with van der Waals surface area (Å²) in [6, 6.07) is 17.5. The van der Waals surface area contributed by atoms with E-state index in [1.165, 1.54) is 5.56 Å². The predicted octanol–water partition coefficient (Wildman–Crippen LogP) is 2.90. The molecule has 0 unspecified atom stereocenters. The van der Waals surface area contributed by atoms with Gasteiger partial charge in [-0.3, -0.25) is 9.59 Å². The lowest BCUT2D eigenvalue weighted by molar-refractivity contribution is -0.125. The molecule has 0 bridgehead atoms. The summed E-state index contributed by atoms with van der Waals surface area (Å²) in [6.07, 6.45) is 3.84. The van der Waals surface area contributed by atoms with E-state index in [-0.39, 0.29) is 24.7 Å². The van der Waals surface area contributed by atoms with Gasteiger partial charge >= 0.3 is 0 Å². The second-order valence-corrected chi connectivity index (χ2v) is 5.98. The van der Waals surface area contributed by atoms with Crippen molar-refractivity contribution in [3.8, 4) is 0 Å². The number of amides is 2. The largest absolute Gasteiger partial charge is 0.312 e. The van der Waals surface area contributed by atoms with Gasteiger partial charge in [-0.2, -0.15) is 5.10 Å². The third-order valence-electron chi connectivity index (χ3n) is 4.18. The molecule has 0 aliphatic carbocycles. The molecule has 2 aromatic rings. The van der Waals surface area contributed by atoms with E-state index in [4.69, 9.17) is 0 Å². The lowest BCUT2D eigenvalue weighted by atomic mass is 10.0. The molecule has 0 saturated carbocycles. The van der Waals surface area contributed by atoms with Gasteiger partial charge in [0, 0.05) is 25.1 Å². The summed E-state index contributed by atoms with van der Waals surface area (Å²) in [6.45, 7) is 0.712. The van der Waals surface area contributed by atoms with E-state index in [9.17, 15) is 9.59 Å². The Morgan fingerprint density at radius 3 is 2.64 bits per heavy atom. The van der Waals surface area contributed by atoms with Crippen molar-refractivity contribution in [2.75, 3.05) is 11.4 Å². The molecule has 0 aromatic heterocycles. The van der Waals surface area contributed by atoms with Crippen LogP contribution in [0, 0.1) is 0 Å². The van der Waals surface area contributed by atoms with Gasteiger partial charge in [-0.05, 0) is 30.0 Å². The molecule has 1 aliphatic heterocycles. The molecule has 0 saturated heterocycles. The minimum absolute atomic E-state index is 0.0191. The molecule has 5 heteroatoms. The third kappa shape index (κ3) is 4.53. The molecular weight excluding hydrogens is 314 g/mol. The number of hydrazone groups is 1. The Labute approximate surface area is 147 Å². The number of rotatable bonds is 5. The van der Waals surface area contributed by atoms with Gasteiger partial charge in [0.2, 0.25) is 11.8 Å². The van der Waals surface area contributed by atoms with Crippen molar-refractivity contribution in [3.63, 3.8) is 0 Å². The zero-order chi connectivity index (χ0) is 17.5. The van der Waals surface area contributed by atoms with Gasteiger partial charge in [0.15, 0.2) is 0 Å². The number of nitrogens with one attached hydrogen (secondary N) is 1. The Morgan fingerprint density at radius 2 is 1.80 bits per heavy atom. The summed E-state index contributed by atoms with van der Waals surface area (Å²) in [7, 11) is 0. The van der Waals surface area contributed by atoms with Crippen LogP contribution in [-0.2, 0) is 16.0 Å². The minimum Gasteiger partial charge on any atom is -0.312 e. The number of aryl methyl sites for hydroxylation is 1. The summed E-state index contributed by atoms with van der Waals surface area (Å²) in [4.78, 5) is 26.1. The highest BCUT2D eigenvalue weighted by atomic mass is 16.2. The van der Waals surface area contributed by atoms with E-state index in [1.54, 1.807) is 11.1 Å². The first kappa shape index (κ1) is 16.9. The topological polar surface area (TPSA) is 61.8 Å². The zero-order valence-electron chi connectivity index (χ0n) is 14.0. The summed E-state index contributed by atoms with van der Waals surface area (Å²) < 4.78 is 0. The summed E-state index contributed by atoms with van der Waals surface area (Å²) in [5.41, 5.74) is 5.54. The predicted molar refractivity (Wildman–Crippen MR) is 98.5 cm³/mol. The molecule has 0 radical (unpaired) electrons. The molecule has 2 amide bonds. The highest BCUT2D eigenvalue weighted by Gasteiger charge is 2.22. The number of hydrogen-bond donors (Lipinski definition) is 1. The van der Waals surface area contributed by atoms with E-state index < -0.39 is 0 Å². The molecule has 128 valence electrons. The molecule has 0 fully saturated rings. The average molecular weight is 335 g/mol. The molecule has 1 N–H and O–H groups in total. The molecule has 5 nitrogen and oxygen atoms in total. The van der Waals surface area contributed by atoms with Crippen molar-refractivity contribution in [3.05, 3.63) is 65.7 Å². The van der Waals surface area contributed by atoms with Crippen LogP contribution in [0.5, 0.6) is 0 Å². The maximum Gasteiger partial charge on any atom is 0.240 e. The van der Waals surface area contributed by atoms with Crippen LogP contribution in [-0.4, -0.2) is 24.6 Å². The van der Waals surface area contributed by atoms with Crippen LogP contribution >= 0.6 is 0 Å². The lowest BCUT2D eigenvalue weighted by Gasteiger charge is -2.29. The molecule has 0 spiro atoms. The second kappa shape index (κ2) is 8.24. The van der Waals surface area contributed by atoms with E-state index in [0.29, 0.717) is 6.54 Å². The lowest BCUT2D eigenvalue weighted by Crippen LogP contribution is -2.36. The fourth-order valence-electron chi connectivity index (χ4n) is 2.92. The maximum absolute atomic E-state index is 12.5. The van der Waals surface area contributed by atoms with E-state index in [0.717, 1.165) is 24.1 Å². The van der Waals surface area contributed by atoms with Crippen LogP contribution < -0.4 is 10.3 Å². The zero-order valence-corrected chi connectivity index (χ0v) is 14.0. The van der Waals surface area contributed by atoms with Gasteiger partial charge in [-0.25, -0.2) is 5.43 Å². The second-order valence-electron chi connectivity index (χ2n) is 5.98. The molecule has 1 heterocycles. The fourth-order valence-corrected chi connectivity index (χ4v) is 2.92. The SMILES string of the molecule is O=C(CCC(=O)N1CCCc2ccccc21)N/N=C/c1ccccc1. The van der Waals surface area contributed by atoms with Crippen LogP contribution in [0.1, 0.15) is 30.4 Å². The smallest absolute Gasteiger partial charge is 0.240 e. The average Bonchev–Trinajstić information content (AvgIpc) is 2.66. The fraction of sp³-hybridized carbons (Fsp3) is 0.250. The van der Waals surface area contributed by atoms with Crippen molar-refractivity contribution >= 4 is 23.7 Å². The van der Waals surface area contributed by atoms with Crippen molar-refractivity contribution < 1.29 is 9.59 Å². The molecule has 2 aromatic carbocycles. The normalized spacial score (nSPS) is 13.5. The van der Waals surface area contributed by atoms with Crippen LogP contribution in [0.15, 0.2) is 59.7 Å². The number of hydrogen-bond acceptors (Lipinski definition) is 3. The number of nitrogens with zero attached hydrogens (tertiary/aromatic N) is 2. The standard InChI is InChI=1S/C20H21N3O2/c24-19(22-21-15-16-7-2-1-3-8-16)12-13-20(25)23-14-6-10-17-9-4-5-11-18(17)23/h1-5,7-9,11,15H,6,10,12-14H2,(H,22,24)/b21-15+. The molecule has 3 rings (SSSR count). The number of carbonyl (C=O) groups excluding carboxylic acids is 2. The highest BCUT2D eigenvalue weighted by molar-refractivity contribution is 5.96. The third-order valence-corrected chi connectivity index (χ3v) is 4.18. The number of fused-ring (bicyclic) bond motifs is 1. The van der Waals surface area contributed by atoms with E-state index in [2.05, 4.69) is 16.6 Å². The number of benzene rings is 2. The van der Waals surface area contributed by atoms with Crippen LogP contribution in [0.3, 0.4) is 0 Å². The number of para-hydroxylation sites is 1. The van der Waals surface area contributed by atoms with Gasteiger partial charge in [0.1, 0.15) is 0 Å². The minimum atomic E-state index is -0.258. The Bertz CT molecular complexity index is 772. The molecule has 0 atom stereocenters. The molecular formula is C20H21N3O2. The van der Waals surface area contributed by atoms with Gasteiger partial charge in [-0.1, -0.05) is 48.5 Å². The first-order chi connectivity index (χ1) is 12.2. The van der Waals surface area contributed by atoms with Gasteiger partial charge in [-0.15, -0.1) is 0 Å². The summed E-state index contributed by atoms with van der Waals surface area (Å²) in [5, 5.41) is 3.92. The Balaban J connectivity index is 1.49. The summed E-state index contributed by atoms with van der Waals surface area (Å²) in [5.74, 6) is -0.278. The van der Waals surface area contributed by atoms with Gasteiger partial charge in [0.25, 0.3) is 0 Å². The molecule has 1 aliphatic rings. The van der Waals surface area contributed by atoms with Gasteiger partial charge in [0.05, 0.1) is 6.21 Å².